The first-order valence-corrected chi connectivity index (χ1v) is 1.41. The zero-order valence-corrected chi connectivity index (χ0v) is 7.97. The van der Waals surface area contributed by atoms with E-state index in [0.29, 0.717) is 0 Å². The van der Waals surface area contributed by atoms with Gasteiger partial charge in [-0.1, -0.05) is 0 Å². The summed E-state index contributed by atoms with van der Waals surface area (Å²) >= 11 is 0. The van der Waals surface area contributed by atoms with Crippen molar-refractivity contribution < 1.29 is 82.3 Å². The molecule has 0 spiro atoms. The van der Waals surface area contributed by atoms with Crippen molar-refractivity contribution in [3.63, 3.8) is 0 Å². The molecule has 0 rings (SSSR count). The van der Waals surface area contributed by atoms with Crippen LogP contribution in [0.15, 0.2) is 0 Å². The van der Waals surface area contributed by atoms with Gasteiger partial charge in [0.1, 0.15) is 0 Å². The van der Waals surface area contributed by atoms with E-state index >= 15 is 0 Å². The number of rotatable bonds is 0. The summed E-state index contributed by atoms with van der Waals surface area (Å²) < 4.78 is 0. The van der Waals surface area contributed by atoms with Gasteiger partial charge in [-0.2, -0.15) is 0 Å². The molecular weight excluding hydrogens is 370 g/mol. The van der Waals surface area contributed by atoms with Crippen molar-refractivity contribution in [2.75, 3.05) is 0 Å². The third-order valence-corrected chi connectivity index (χ3v) is 0. The van der Waals surface area contributed by atoms with Crippen molar-refractivity contribution in [3.8, 4) is 0 Å². The smallest absolute Gasteiger partial charge is 0.0483 e. The minimum Gasteiger partial charge on any atom is -0.394 e. The second-order valence-corrected chi connectivity index (χ2v) is 1.09. The second-order valence-electron chi connectivity index (χ2n) is 1.09. The van der Waals surface area contributed by atoms with Gasteiger partial charge in [0.25, 0.3) is 0 Å². The number of hydrogen-bond donors (Lipinski definition) is 1. The average molecular weight is 378 g/mol. The van der Waals surface area contributed by atoms with Crippen LogP contribution in [0.2, 0.25) is 0 Å². The van der Waals surface area contributed by atoms with Crippen LogP contribution in [-0.2, 0) is 0 Å². The summed E-state index contributed by atoms with van der Waals surface area (Å²) in [5, 5.41) is 8.06. The van der Waals surface area contributed by atoms with Gasteiger partial charge in [0, 0.05) is 83.3 Å². The Bertz CT molecular complexity index is 13.5. The molecule has 0 aliphatic carbocycles. The fourth-order valence-corrected chi connectivity index (χ4v) is 0. The molecule has 6 heavy (non-hydrogen) atoms. The summed E-state index contributed by atoms with van der Waals surface area (Å²) in [5.41, 5.74) is 0. The Morgan fingerprint density at radius 2 is 1.17 bits per heavy atom. The van der Waals surface area contributed by atoms with Crippen LogP contribution in [0, 0.1) is 77.2 Å². The first-order valence-electron chi connectivity index (χ1n) is 1.41. The first-order chi connectivity index (χ1) is 1.73. The van der Waals surface area contributed by atoms with Crippen LogP contribution in [0.25, 0.3) is 0 Å². The molecule has 0 saturated carbocycles. The van der Waals surface area contributed by atoms with E-state index in [1.807, 2.05) is 0 Å². The predicted octanol–water partition coefficient (Wildman–Crippen LogP) is 0.387. The Labute approximate surface area is 100 Å². The molecule has 0 atom stereocenters. The molecule has 44 valence electrons. The van der Waals surface area contributed by atoms with E-state index in [9.17, 15) is 0 Å². The monoisotopic (exact) mass is 378 g/mol. The molecule has 0 bridgehead atoms. The fraction of sp³-hybridized carbons (Fsp3) is 1.00. The Morgan fingerprint density at radius 1 is 1.17 bits per heavy atom. The zero-order valence-electron chi connectivity index (χ0n) is 3.69. The van der Waals surface area contributed by atoms with Gasteiger partial charge in [-0.3, -0.25) is 0 Å². The molecule has 0 saturated heterocycles. The zero-order chi connectivity index (χ0) is 3.58. The summed E-state index contributed by atoms with van der Waals surface area (Å²) in [6.45, 7) is 3.44. The van der Waals surface area contributed by atoms with Crippen molar-refractivity contribution in [3.05, 3.63) is 0 Å². The first kappa shape index (κ1) is 15.8. The quantitative estimate of drug-likeness (QED) is 0.647. The van der Waals surface area contributed by atoms with Crippen LogP contribution in [-0.4, -0.2) is 11.2 Å². The van der Waals surface area contributed by atoms with Gasteiger partial charge in [-0.25, -0.2) is 0 Å². The molecule has 0 aromatic heterocycles. The van der Waals surface area contributed by atoms with E-state index < -0.39 is 0 Å². The van der Waals surface area contributed by atoms with E-state index in [0.717, 1.165) is 0 Å². The van der Waals surface area contributed by atoms with Crippen LogP contribution >= 0.6 is 0 Å². The number of aliphatic hydroxyl groups is 1. The normalized spacial score (nSPS) is 6.00. The Balaban J connectivity index is -0.0000000450. The molecule has 0 aromatic rings. The third kappa shape index (κ3) is 31.2. The molecular formula is C3H8OTb2. The molecule has 0 aliphatic rings. The standard InChI is InChI=1S/C3H8O.2Tb/c1-3(2)4;;/h3-4H,1-2H3;;. The number of hydrogen-bond acceptors (Lipinski definition) is 1. The second kappa shape index (κ2) is 10.5. The van der Waals surface area contributed by atoms with Gasteiger partial charge >= 0.3 is 0 Å². The third-order valence-electron chi connectivity index (χ3n) is 0. The van der Waals surface area contributed by atoms with E-state index in [1.165, 1.54) is 0 Å². The van der Waals surface area contributed by atoms with Gasteiger partial charge in [-0.15, -0.1) is 0 Å². The maximum atomic E-state index is 8.06. The van der Waals surface area contributed by atoms with Crippen LogP contribution in [0.1, 0.15) is 13.8 Å². The van der Waals surface area contributed by atoms with Crippen molar-refractivity contribution in [1.82, 2.24) is 0 Å². The summed E-state index contributed by atoms with van der Waals surface area (Å²) in [5.74, 6) is 0. The largest absolute Gasteiger partial charge is 0.394 e. The number of aliphatic hydroxyl groups excluding tert-OH is 1. The molecule has 0 fully saturated rings. The molecule has 1 N–H and O–H groups in total. The summed E-state index contributed by atoms with van der Waals surface area (Å²) in [6.07, 6.45) is -0.167. The van der Waals surface area contributed by atoms with Gasteiger partial charge in [-0.05, 0) is 13.8 Å². The van der Waals surface area contributed by atoms with E-state index in [-0.39, 0.29) is 83.3 Å². The molecule has 0 aromatic carbocycles. The van der Waals surface area contributed by atoms with Gasteiger partial charge < -0.3 is 5.11 Å². The van der Waals surface area contributed by atoms with Gasteiger partial charge in [0.05, 0.1) is 0 Å². The van der Waals surface area contributed by atoms with Crippen molar-refractivity contribution >= 4 is 0 Å². The Morgan fingerprint density at radius 3 is 1.17 bits per heavy atom. The average Bonchev–Trinajstić information content (AvgIpc) is 0.811. The molecule has 0 amide bonds. The molecule has 1 nitrogen and oxygen atoms in total. The van der Waals surface area contributed by atoms with Crippen molar-refractivity contribution in [2.45, 2.75) is 20.0 Å². The molecule has 2 radical (unpaired) electrons. The Hall–Kier alpha value is 2.53. The summed E-state index contributed by atoms with van der Waals surface area (Å²) in [4.78, 5) is 0. The van der Waals surface area contributed by atoms with Crippen LogP contribution < -0.4 is 0 Å². The maximum Gasteiger partial charge on any atom is 0.0483 e. The minimum absolute atomic E-state index is 0. The van der Waals surface area contributed by atoms with Crippen LogP contribution in [0.4, 0.5) is 0 Å². The Kier molecular flexibility index (Phi) is 27.7. The molecule has 0 unspecified atom stereocenters. The van der Waals surface area contributed by atoms with Crippen molar-refractivity contribution in [1.29, 1.82) is 0 Å². The molecule has 0 heterocycles. The minimum atomic E-state index is -0.167. The summed E-state index contributed by atoms with van der Waals surface area (Å²) in [7, 11) is 0. The molecule has 0 aliphatic heterocycles. The fourth-order valence-electron chi connectivity index (χ4n) is 0. The topological polar surface area (TPSA) is 20.2 Å². The van der Waals surface area contributed by atoms with Gasteiger partial charge in [0.15, 0.2) is 0 Å². The van der Waals surface area contributed by atoms with Crippen LogP contribution in [0.5, 0.6) is 0 Å². The molecule has 3 heteroatoms. The van der Waals surface area contributed by atoms with E-state index in [2.05, 4.69) is 0 Å². The predicted molar refractivity (Wildman–Crippen MR) is 17.4 cm³/mol. The summed E-state index contributed by atoms with van der Waals surface area (Å²) in [6, 6.07) is 0. The van der Waals surface area contributed by atoms with Crippen LogP contribution in [0.3, 0.4) is 0 Å². The van der Waals surface area contributed by atoms with Gasteiger partial charge in [0.2, 0.25) is 0 Å². The maximum absolute atomic E-state index is 8.06. The van der Waals surface area contributed by atoms with E-state index in [1.54, 1.807) is 13.8 Å². The van der Waals surface area contributed by atoms with E-state index in [4.69, 9.17) is 5.11 Å². The van der Waals surface area contributed by atoms with Crippen molar-refractivity contribution in [2.24, 2.45) is 0 Å². The SMILES string of the molecule is CC(C)O.[Tb].[Tb].